The van der Waals surface area contributed by atoms with E-state index >= 15 is 0 Å². The average Bonchev–Trinajstić information content (AvgIpc) is 2.78. The summed E-state index contributed by atoms with van der Waals surface area (Å²) in [7, 11) is 0. The van der Waals surface area contributed by atoms with Crippen molar-refractivity contribution in [1.82, 2.24) is 9.97 Å². The normalized spacial score (nSPS) is 10.2. The molecule has 2 aromatic rings. The van der Waals surface area contributed by atoms with Crippen molar-refractivity contribution in [3.63, 3.8) is 0 Å². The summed E-state index contributed by atoms with van der Waals surface area (Å²) in [4.78, 5) is 19.1. The number of nitrogens with zero attached hydrogens (tertiary/aromatic N) is 2. The number of rotatable bonds is 3. The van der Waals surface area contributed by atoms with E-state index < -0.39 is 0 Å². The Hall–Kier alpha value is -1.97. The molecule has 15 heavy (non-hydrogen) atoms. The fourth-order valence-electron chi connectivity index (χ4n) is 1.24. The molecule has 0 aromatic carbocycles. The van der Waals surface area contributed by atoms with Crippen LogP contribution in [0.15, 0.2) is 35.3 Å². The Kier molecular flexibility index (Phi) is 2.58. The van der Waals surface area contributed by atoms with E-state index in [1.54, 1.807) is 31.5 Å². The lowest BCUT2D eigenvalue weighted by Crippen LogP contribution is -1.92. The fraction of sp³-hybridized carbons (Fsp3) is 0.182. The summed E-state index contributed by atoms with van der Waals surface area (Å²) in [5.74, 6) is 1.00. The van der Waals surface area contributed by atoms with Crippen molar-refractivity contribution in [3.8, 4) is 11.3 Å². The molecule has 4 nitrogen and oxygen atoms in total. The Morgan fingerprint density at radius 1 is 1.33 bits per heavy atom. The fourth-order valence-corrected chi connectivity index (χ4v) is 1.24. The standard InChI is InChI=1S/C11H10N2O2/c1-2-9(14)11-4-3-10(15-11)8-5-12-7-13-6-8/h3-7H,2H2,1H3. The third-order valence-electron chi connectivity index (χ3n) is 2.05. The number of hydrogen-bond donors (Lipinski definition) is 0. The van der Waals surface area contributed by atoms with Gasteiger partial charge < -0.3 is 4.42 Å². The molecule has 0 spiro atoms. The van der Waals surface area contributed by atoms with E-state index in [1.807, 2.05) is 0 Å². The van der Waals surface area contributed by atoms with Crippen molar-refractivity contribution in [2.45, 2.75) is 13.3 Å². The summed E-state index contributed by atoms with van der Waals surface area (Å²) in [6, 6.07) is 3.43. The van der Waals surface area contributed by atoms with E-state index in [2.05, 4.69) is 9.97 Å². The van der Waals surface area contributed by atoms with Crippen LogP contribution in [0.1, 0.15) is 23.9 Å². The minimum absolute atomic E-state index is 0.00176. The summed E-state index contributed by atoms with van der Waals surface area (Å²) in [6.07, 6.45) is 5.18. The molecule has 0 aliphatic carbocycles. The van der Waals surface area contributed by atoms with Crippen molar-refractivity contribution in [3.05, 3.63) is 36.6 Å². The number of Topliss-reactive ketones (excluding diaryl/α,β-unsaturated/α-hetero) is 1. The van der Waals surface area contributed by atoms with Gasteiger partial charge in [-0.25, -0.2) is 9.97 Å². The predicted molar refractivity (Wildman–Crippen MR) is 54.4 cm³/mol. The highest BCUT2D eigenvalue weighted by atomic mass is 16.3. The second-order valence-electron chi connectivity index (χ2n) is 3.07. The van der Waals surface area contributed by atoms with Gasteiger partial charge in [-0.2, -0.15) is 0 Å². The van der Waals surface area contributed by atoms with E-state index in [0.717, 1.165) is 5.56 Å². The molecule has 0 radical (unpaired) electrons. The molecule has 0 N–H and O–H groups in total. The quantitative estimate of drug-likeness (QED) is 0.717. The van der Waals surface area contributed by atoms with Crippen molar-refractivity contribution in [2.24, 2.45) is 0 Å². The van der Waals surface area contributed by atoms with E-state index in [9.17, 15) is 4.79 Å². The van der Waals surface area contributed by atoms with Crippen LogP contribution in [0.4, 0.5) is 0 Å². The Morgan fingerprint density at radius 3 is 2.73 bits per heavy atom. The van der Waals surface area contributed by atoms with Crippen LogP contribution in [0.25, 0.3) is 11.3 Å². The van der Waals surface area contributed by atoms with Gasteiger partial charge in [0.15, 0.2) is 11.5 Å². The van der Waals surface area contributed by atoms with Gasteiger partial charge in [-0.15, -0.1) is 0 Å². The number of aromatic nitrogens is 2. The highest BCUT2D eigenvalue weighted by Gasteiger charge is 2.10. The van der Waals surface area contributed by atoms with E-state index in [1.165, 1.54) is 6.33 Å². The van der Waals surface area contributed by atoms with Crippen molar-refractivity contribution in [1.29, 1.82) is 0 Å². The molecule has 2 rings (SSSR count). The monoisotopic (exact) mass is 202 g/mol. The largest absolute Gasteiger partial charge is 0.453 e. The molecule has 4 heteroatoms. The highest BCUT2D eigenvalue weighted by Crippen LogP contribution is 2.20. The molecule has 0 aliphatic heterocycles. The summed E-state index contributed by atoms with van der Waals surface area (Å²) in [6.45, 7) is 1.80. The molecule has 0 amide bonds. The van der Waals surface area contributed by atoms with Crippen molar-refractivity contribution >= 4 is 5.78 Å². The topological polar surface area (TPSA) is 56.0 Å². The maximum Gasteiger partial charge on any atom is 0.197 e. The van der Waals surface area contributed by atoms with Crippen LogP contribution in [-0.4, -0.2) is 15.8 Å². The summed E-state index contributed by atoms with van der Waals surface area (Å²) >= 11 is 0. The number of ketones is 1. The van der Waals surface area contributed by atoms with Gasteiger partial charge in [-0.05, 0) is 12.1 Å². The maximum absolute atomic E-state index is 11.3. The second-order valence-corrected chi connectivity index (χ2v) is 3.07. The summed E-state index contributed by atoms with van der Waals surface area (Å²) < 4.78 is 5.39. The molecular formula is C11H10N2O2. The zero-order valence-corrected chi connectivity index (χ0v) is 8.30. The van der Waals surface area contributed by atoms with Crippen LogP contribution < -0.4 is 0 Å². The van der Waals surface area contributed by atoms with Gasteiger partial charge in [0.2, 0.25) is 0 Å². The molecule has 0 aliphatic rings. The van der Waals surface area contributed by atoms with Crippen molar-refractivity contribution < 1.29 is 9.21 Å². The smallest absolute Gasteiger partial charge is 0.197 e. The van der Waals surface area contributed by atoms with E-state index in [4.69, 9.17) is 4.42 Å². The Bertz CT molecular complexity index is 462. The van der Waals surface area contributed by atoms with Gasteiger partial charge in [-0.1, -0.05) is 6.92 Å². The Labute approximate surface area is 87.0 Å². The lowest BCUT2D eigenvalue weighted by molar-refractivity contribution is 0.0962. The van der Waals surface area contributed by atoms with E-state index in [-0.39, 0.29) is 5.78 Å². The number of carbonyl (C=O) groups is 1. The lowest BCUT2D eigenvalue weighted by atomic mass is 10.2. The summed E-state index contributed by atoms with van der Waals surface area (Å²) in [5, 5.41) is 0. The number of carbonyl (C=O) groups excluding carboxylic acids is 1. The zero-order valence-electron chi connectivity index (χ0n) is 8.30. The minimum Gasteiger partial charge on any atom is -0.453 e. The van der Waals surface area contributed by atoms with Gasteiger partial charge in [0.05, 0.1) is 5.56 Å². The molecule has 0 fully saturated rings. The van der Waals surface area contributed by atoms with Crippen LogP contribution in [0, 0.1) is 0 Å². The van der Waals surface area contributed by atoms with Crippen LogP contribution in [0.5, 0.6) is 0 Å². The van der Waals surface area contributed by atoms with Gasteiger partial charge in [0.1, 0.15) is 12.1 Å². The third-order valence-corrected chi connectivity index (χ3v) is 2.05. The molecule has 0 saturated heterocycles. The molecule has 0 atom stereocenters. The molecule has 0 unspecified atom stereocenters. The van der Waals surface area contributed by atoms with Crippen LogP contribution in [0.3, 0.4) is 0 Å². The molecule has 2 aromatic heterocycles. The van der Waals surface area contributed by atoms with Gasteiger partial charge in [0.25, 0.3) is 0 Å². The molecule has 76 valence electrons. The summed E-state index contributed by atoms with van der Waals surface area (Å²) in [5.41, 5.74) is 0.771. The van der Waals surface area contributed by atoms with E-state index in [0.29, 0.717) is 17.9 Å². The first-order chi connectivity index (χ1) is 7.31. The van der Waals surface area contributed by atoms with Gasteiger partial charge >= 0.3 is 0 Å². The van der Waals surface area contributed by atoms with Crippen LogP contribution >= 0.6 is 0 Å². The molecule has 2 heterocycles. The Balaban J connectivity index is 2.32. The Morgan fingerprint density at radius 2 is 2.07 bits per heavy atom. The van der Waals surface area contributed by atoms with Crippen LogP contribution in [-0.2, 0) is 0 Å². The molecule has 0 bridgehead atoms. The first-order valence-corrected chi connectivity index (χ1v) is 4.69. The lowest BCUT2D eigenvalue weighted by Gasteiger charge is -1.94. The van der Waals surface area contributed by atoms with Gasteiger partial charge in [0, 0.05) is 18.8 Å². The number of furan rings is 1. The average molecular weight is 202 g/mol. The first-order valence-electron chi connectivity index (χ1n) is 4.69. The van der Waals surface area contributed by atoms with Gasteiger partial charge in [-0.3, -0.25) is 4.79 Å². The number of hydrogen-bond acceptors (Lipinski definition) is 4. The zero-order chi connectivity index (χ0) is 10.7. The molecular weight excluding hydrogens is 192 g/mol. The highest BCUT2D eigenvalue weighted by molar-refractivity contribution is 5.93. The maximum atomic E-state index is 11.3. The third kappa shape index (κ3) is 1.93. The molecule has 0 saturated carbocycles. The minimum atomic E-state index is -0.00176. The first kappa shape index (κ1) is 9.58. The second kappa shape index (κ2) is 4.04. The van der Waals surface area contributed by atoms with Crippen LogP contribution in [0.2, 0.25) is 0 Å². The SMILES string of the molecule is CCC(=O)c1ccc(-c2cncnc2)o1. The predicted octanol–water partition coefficient (Wildman–Crippen LogP) is 2.33. The van der Waals surface area contributed by atoms with Crippen molar-refractivity contribution in [2.75, 3.05) is 0 Å².